The summed E-state index contributed by atoms with van der Waals surface area (Å²) in [6.45, 7) is 0. The van der Waals surface area contributed by atoms with Gasteiger partial charge in [0, 0.05) is 5.39 Å². The number of benzene rings is 2. The van der Waals surface area contributed by atoms with Gasteiger partial charge in [0.1, 0.15) is 0 Å². The number of hydrogen-bond donors (Lipinski definition) is 4. The molecule has 0 fully saturated rings. The highest BCUT2D eigenvalue weighted by molar-refractivity contribution is 6.53. The number of halogens is 4. The van der Waals surface area contributed by atoms with Crippen LogP contribution in [0.5, 0.6) is 11.5 Å². The Bertz CT molecular complexity index is 575. The first-order valence-electron chi connectivity index (χ1n) is 4.53. The summed E-state index contributed by atoms with van der Waals surface area (Å²) in [5, 5.41) is 19.6. The molecule has 2 aromatic rings. The van der Waals surface area contributed by atoms with E-state index in [1.165, 1.54) is 0 Å². The summed E-state index contributed by atoms with van der Waals surface area (Å²) in [5.74, 6) is -0.913. The predicted octanol–water partition coefficient (Wildman–Crippen LogP) is 4.03. The van der Waals surface area contributed by atoms with E-state index in [2.05, 4.69) is 0 Å². The number of anilines is 2. The molecule has 0 aliphatic rings. The van der Waals surface area contributed by atoms with E-state index in [9.17, 15) is 10.2 Å². The molecule has 0 aromatic heterocycles. The largest absolute Gasteiger partial charge is 0.505 e. The molecule has 0 aliphatic carbocycles. The van der Waals surface area contributed by atoms with Crippen molar-refractivity contribution in [3.63, 3.8) is 0 Å². The van der Waals surface area contributed by atoms with E-state index in [-0.39, 0.29) is 42.2 Å². The van der Waals surface area contributed by atoms with Gasteiger partial charge >= 0.3 is 0 Å². The van der Waals surface area contributed by atoms with Gasteiger partial charge in [-0.1, -0.05) is 46.4 Å². The third-order valence-corrected chi connectivity index (χ3v) is 4.27. The Labute approximate surface area is 122 Å². The zero-order valence-electron chi connectivity index (χ0n) is 8.56. The molecule has 4 nitrogen and oxygen atoms in total. The molecule has 0 saturated carbocycles. The first-order valence-corrected chi connectivity index (χ1v) is 6.04. The molecule has 18 heavy (non-hydrogen) atoms. The van der Waals surface area contributed by atoms with E-state index in [1.807, 2.05) is 0 Å². The van der Waals surface area contributed by atoms with Gasteiger partial charge in [-0.3, -0.25) is 0 Å². The maximum absolute atomic E-state index is 9.90. The van der Waals surface area contributed by atoms with Gasteiger partial charge in [0.15, 0.2) is 11.5 Å². The fourth-order valence-electron chi connectivity index (χ4n) is 1.60. The molecule has 6 N–H and O–H groups in total. The van der Waals surface area contributed by atoms with Crippen molar-refractivity contribution >= 4 is 68.6 Å². The molecule has 0 saturated heterocycles. The third-order valence-electron chi connectivity index (χ3n) is 2.53. The van der Waals surface area contributed by atoms with E-state index in [0.717, 1.165) is 0 Å². The van der Waals surface area contributed by atoms with E-state index >= 15 is 0 Å². The Balaban J connectivity index is 3.22. The number of phenols is 2. The maximum atomic E-state index is 9.90. The summed E-state index contributed by atoms with van der Waals surface area (Å²) >= 11 is 23.7. The zero-order valence-corrected chi connectivity index (χ0v) is 11.6. The lowest BCUT2D eigenvalue weighted by Gasteiger charge is -2.15. The fourth-order valence-corrected chi connectivity index (χ4v) is 2.60. The number of aromatic hydroxyl groups is 2. The standard InChI is InChI=1S/C10H6Cl4N2O2/c11-3-1-2(9(17)7(15)5(3)13)10(18)8(16)6(14)4(1)12/h17-18H,15-16H2. The molecular weight excluding hydrogens is 322 g/mol. The Morgan fingerprint density at radius 2 is 0.944 bits per heavy atom. The zero-order chi connectivity index (χ0) is 13.8. The van der Waals surface area contributed by atoms with Crippen LogP contribution in [0.4, 0.5) is 11.4 Å². The fraction of sp³-hybridized carbons (Fsp3) is 0. The van der Waals surface area contributed by atoms with Crippen molar-refractivity contribution in [2.75, 3.05) is 11.5 Å². The molecule has 0 unspecified atom stereocenters. The molecule has 0 aliphatic heterocycles. The van der Waals surface area contributed by atoms with Gasteiger partial charge in [0.2, 0.25) is 0 Å². The number of nitrogens with two attached hydrogens (primary N) is 2. The van der Waals surface area contributed by atoms with Crippen LogP contribution in [0.25, 0.3) is 10.8 Å². The van der Waals surface area contributed by atoms with Gasteiger partial charge in [0.05, 0.1) is 36.9 Å². The second-order valence-corrected chi connectivity index (χ2v) is 5.04. The van der Waals surface area contributed by atoms with Crippen LogP contribution < -0.4 is 11.5 Å². The molecule has 0 bridgehead atoms. The Hall–Kier alpha value is -0.940. The van der Waals surface area contributed by atoms with Gasteiger partial charge in [-0.15, -0.1) is 0 Å². The number of hydrogen-bond acceptors (Lipinski definition) is 4. The third kappa shape index (κ3) is 1.61. The lowest BCUT2D eigenvalue weighted by atomic mass is 10.1. The van der Waals surface area contributed by atoms with Gasteiger partial charge < -0.3 is 21.7 Å². The van der Waals surface area contributed by atoms with Crippen molar-refractivity contribution in [2.24, 2.45) is 0 Å². The highest BCUT2D eigenvalue weighted by Gasteiger charge is 2.24. The quantitative estimate of drug-likeness (QED) is 0.434. The van der Waals surface area contributed by atoms with Gasteiger partial charge in [0.25, 0.3) is 0 Å². The summed E-state index contributed by atoms with van der Waals surface area (Å²) < 4.78 is 0. The van der Waals surface area contributed by atoms with Crippen LogP contribution in [0.15, 0.2) is 0 Å². The van der Waals surface area contributed by atoms with Crippen molar-refractivity contribution in [1.82, 2.24) is 0 Å². The number of phenolic OH excluding ortho intramolecular Hbond substituents is 2. The molecule has 8 heteroatoms. The Morgan fingerprint density at radius 3 is 1.28 bits per heavy atom. The minimum absolute atomic E-state index is 0.0239. The van der Waals surface area contributed by atoms with E-state index in [0.29, 0.717) is 0 Å². The Kier molecular flexibility index (Phi) is 3.23. The molecule has 96 valence electrons. The molecule has 0 amide bonds. The van der Waals surface area contributed by atoms with Gasteiger partial charge in [-0.05, 0) is 0 Å². The first-order chi connectivity index (χ1) is 8.29. The van der Waals surface area contributed by atoms with E-state index in [1.54, 1.807) is 0 Å². The average Bonchev–Trinajstić information content (AvgIpc) is 2.35. The van der Waals surface area contributed by atoms with Gasteiger partial charge in [-0.2, -0.15) is 0 Å². The number of nitrogen functional groups attached to an aromatic ring is 2. The molecular formula is C10H6Cl4N2O2. The molecule has 2 aromatic carbocycles. The van der Waals surface area contributed by atoms with E-state index < -0.39 is 11.5 Å². The van der Waals surface area contributed by atoms with Crippen LogP contribution in [0, 0.1) is 0 Å². The second-order valence-electron chi connectivity index (χ2n) is 3.53. The first kappa shape index (κ1) is 13.5. The number of rotatable bonds is 0. The summed E-state index contributed by atoms with van der Waals surface area (Å²) in [6.07, 6.45) is 0. The average molecular weight is 328 g/mol. The summed E-state index contributed by atoms with van der Waals surface area (Å²) in [6, 6.07) is 0. The van der Waals surface area contributed by atoms with Crippen LogP contribution in [-0.4, -0.2) is 10.2 Å². The second kappa shape index (κ2) is 4.31. The minimum Gasteiger partial charge on any atom is -0.505 e. The Morgan fingerprint density at radius 1 is 0.611 bits per heavy atom. The molecule has 0 atom stereocenters. The lowest BCUT2D eigenvalue weighted by Crippen LogP contribution is -1.95. The van der Waals surface area contributed by atoms with E-state index in [4.69, 9.17) is 57.9 Å². The predicted molar refractivity (Wildman–Crippen MR) is 76.1 cm³/mol. The van der Waals surface area contributed by atoms with Crippen LogP contribution in [0.1, 0.15) is 0 Å². The molecule has 0 spiro atoms. The van der Waals surface area contributed by atoms with Crippen LogP contribution in [-0.2, 0) is 0 Å². The topological polar surface area (TPSA) is 92.5 Å². The monoisotopic (exact) mass is 326 g/mol. The summed E-state index contributed by atoms with van der Waals surface area (Å²) in [5.41, 5.74) is 10.8. The summed E-state index contributed by atoms with van der Waals surface area (Å²) in [7, 11) is 0. The van der Waals surface area contributed by atoms with Crippen LogP contribution >= 0.6 is 46.4 Å². The van der Waals surface area contributed by atoms with Crippen molar-refractivity contribution in [1.29, 1.82) is 0 Å². The van der Waals surface area contributed by atoms with Crippen molar-refractivity contribution < 1.29 is 10.2 Å². The maximum Gasteiger partial charge on any atom is 0.151 e. The van der Waals surface area contributed by atoms with Gasteiger partial charge in [-0.25, -0.2) is 0 Å². The van der Waals surface area contributed by atoms with Crippen LogP contribution in [0.2, 0.25) is 20.1 Å². The minimum atomic E-state index is -0.456. The van der Waals surface area contributed by atoms with Crippen LogP contribution in [0.3, 0.4) is 0 Å². The highest BCUT2D eigenvalue weighted by Crippen LogP contribution is 2.53. The van der Waals surface area contributed by atoms with Crippen molar-refractivity contribution in [3.8, 4) is 11.5 Å². The lowest BCUT2D eigenvalue weighted by molar-refractivity contribution is 0.467. The molecule has 2 rings (SSSR count). The normalized spacial score (nSPS) is 11.1. The van der Waals surface area contributed by atoms with Crippen molar-refractivity contribution in [2.45, 2.75) is 0 Å². The number of fused-ring (bicyclic) bond motifs is 1. The smallest absolute Gasteiger partial charge is 0.151 e. The molecule has 0 radical (unpaired) electrons. The van der Waals surface area contributed by atoms with Crippen molar-refractivity contribution in [3.05, 3.63) is 20.1 Å². The molecule has 0 heterocycles. The summed E-state index contributed by atoms with van der Waals surface area (Å²) in [4.78, 5) is 0. The highest BCUT2D eigenvalue weighted by atomic mass is 35.5. The SMILES string of the molecule is Nc1c(Cl)c(Cl)c2c(Cl)c(Cl)c(N)c(O)c2c1O.